The fourth-order valence-corrected chi connectivity index (χ4v) is 2.91. The lowest BCUT2D eigenvalue weighted by atomic mass is 9.92. The molecule has 5 nitrogen and oxygen atoms in total. The molecule has 1 N–H and O–H groups in total. The second kappa shape index (κ2) is 7.45. The quantitative estimate of drug-likeness (QED) is 0.691. The Morgan fingerprint density at radius 3 is 2.58 bits per heavy atom. The van der Waals surface area contributed by atoms with Crippen LogP contribution in [0.1, 0.15) is 37.1 Å². The number of imidazole rings is 1. The van der Waals surface area contributed by atoms with Gasteiger partial charge in [0.15, 0.2) is 11.7 Å². The Hall–Kier alpha value is -2.40. The molecule has 2 aromatic rings. The highest BCUT2D eigenvalue weighted by atomic mass is 16.5. The summed E-state index contributed by atoms with van der Waals surface area (Å²) in [6.07, 6.45) is 5.86. The summed E-state index contributed by atoms with van der Waals surface area (Å²) in [7, 11) is 1.95. The smallest absolute Gasteiger partial charge is 0.175 e. The Kier molecular flexibility index (Phi) is 5.11. The van der Waals surface area contributed by atoms with Crippen LogP contribution in [0.2, 0.25) is 0 Å². The van der Waals surface area contributed by atoms with Gasteiger partial charge in [0.05, 0.1) is 5.69 Å². The van der Waals surface area contributed by atoms with Crippen LogP contribution in [0, 0.1) is 0 Å². The van der Waals surface area contributed by atoms with Gasteiger partial charge in [0, 0.05) is 38.4 Å². The number of amidine groups is 1. The first-order valence-corrected chi connectivity index (χ1v) is 8.30. The van der Waals surface area contributed by atoms with E-state index in [0.717, 1.165) is 43.3 Å². The van der Waals surface area contributed by atoms with Crippen molar-refractivity contribution in [1.29, 1.82) is 0 Å². The van der Waals surface area contributed by atoms with Crippen LogP contribution in [-0.2, 0) is 11.8 Å². The average Bonchev–Trinajstić information content (AvgIpc) is 3.01. The van der Waals surface area contributed by atoms with Crippen LogP contribution < -0.4 is 5.32 Å². The summed E-state index contributed by atoms with van der Waals surface area (Å²) in [5, 5.41) is 3.21. The number of allylic oxidation sites excluding steroid dienone is 1. The van der Waals surface area contributed by atoms with Gasteiger partial charge in [-0.15, -0.1) is 0 Å². The van der Waals surface area contributed by atoms with Gasteiger partial charge in [0.1, 0.15) is 0 Å². The highest BCUT2D eigenvalue weighted by Crippen LogP contribution is 2.28. The number of hydrogen-bond acceptors (Lipinski definition) is 3. The van der Waals surface area contributed by atoms with E-state index >= 15 is 0 Å². The van der Waals surface area contributed by atoms with E-state index in [4.69, 9.17) is 9.73 Å². The first kappa shape index (κ1) is 16.5. The zero-order chi connectivity index (χ0) is 16.9. The van der Waals surface area contributed by atoms with Gasteiger partial charge in [-0.1, -0.05) is 18.7 Å². The Balaban J connectivity index is 1.84. The second-order valence-corrected chi connectivity index (χ2v) is 6.21. The fourth-order valence-electron chi connectivity index (χ4n) is 2.91. The van der Waals surface area contributed by atoms with E-state index in [2.05, 4.69) is 41.1 Å². The highest BCUT2D eigenvalue weighted by Gasteiger charge is 2.15. The van der Waals surface area contributed by atoms with Crippen LogP contribution in [0.15, 0.2) is 53.9 Å². The molecule has 0 bridgehead atoms. The van der Waals surface area contributed by atoms with Crippen LogP contribution in [0.5, 0.6) is 0 Å². The van der Waals surface area contributed by atoms with Crippen molar-refractivity contribution in [2.45, 2.75) is 25.7 Å². The minimum atomic E-state index is 0.597. The Morgan fingerprint density at radius 1 is 1.29 bits per heavy atom. The monoisotopic (exact) mass is 324 g/mol. The summed E-state index contributed by atoms with van der Waals surface area (Å²) in [6, 6.07) is 8.47. The van der Waals surface area contributed by atoms with Crippen LogP contribution in [0.25, 0.3) is 0 Å². The van der Waals surface area contributed by atoms with E-state index in [9.17, 15) is 0 Å². The maximum absolute atomic E-state index is 5.44. The number of aliphatic imine (C=N–C) groups is 1. The van der Waals surface area contributed by atoms with Gasteiger partial charge in [-0.2, -0.15) is 0 Å². The minimum Gasteiger partial charge on any atom is -0.381 e. The molecule has 0 aliphatic carbocycles. The normalized spacial score (nSPS) is 16.2. The van der Waals surface area contributed by atoms with Crippen molar-refractivity contribution < 1.29 is 4.74 Å². The van der Waals surface area contributed by atoms with Gasteiger partial charge in [-0.05, 0) is 43.4 Å². The predicted molar refractivity (Wildman–Crippen MR) is 96.6 cm³/mol. The molecule has 1 fully saturated rings. The molecule has 0 radical (unpaired) electrons. The van der Waals surface area contributed by atoms with E-state index < -0.39 is 0 Å². The standard InChI is InChI=1S/C19H24N4O/c1-14(2)21-18(19-20-10-11-23(19)3)22-17-6-4-15(5-7-17)16-8-12-24-13-9-16/h4-7,10-11,16H,1,8-9,12-13H2,2-3H3,(H,21,22). The van der Waals surface area contributed by atoms with Gasteiger partial charge < -0.3 is 14.6 Å². The number of aromatic nitrogens is 2. The lowest BCUT2D eigenvalue weighted by Gasteiger charge is -2.22. The summed E-state index contributed by atoms with van der Waals surface area (Å²) in [4.78, 5) is 9.10. The first-order valence-electron chi connectivity index (χ1n) is 8.30. The average molecular weight is 324 g/mol. The fraction of sp³-hybridized carbons (Fsp3) is 0.368. The maximum Gasteiger partial charge on any atom is 0.175 e. The number of nitrogens with zero attached hydrogens (tertiary/aromatic N) is 3. The molecule has 5 heteroatoms. The molecule has 0 unspecified atom stereocenters. The number of nitrogens with one attached hydrogen (secondary N) is 1. The molecule has 126 valence electrons. The second-order valence-electron chi connectivity index (χ2n) is 6.21. The van der Waals surface area contributed by atoms with Crippen molar-refractivity contribution in [2.75, 3.05) is 13.2 Å². The van der Waals surface area contributed by atoms with Crippen molar-refractivity contribution in [3.05, 3.63) is 60.3 Å². The molecule has 0 saturated carbocycles. The van der Waals surface area contributed by atoms with Gasteiger partial charge in [0.2, 0.25) is 0 Å². The molecule has 2 heterocycles. The lowest BCUT2D eigenvalue weighted by Crippen LogP contribution is -2.25. The molecule has 1 saturated heterocycles. The largest absolute Gasteiger partial charge is 0.381 e. The van der Waals surface area contributed by atoms with Crippen LogP contribution in [0.3, 0.4) is 0 Å². The topological polar surface area (TPSA) is 51.4 Å². The van der Waals surface area contributed by atoms with Crippen molar-refractivity contribution in [1.82, 2.24) is 14.9 Å². The predicted octanol–water partition coefficient (Wildman–Crippen LogP) is 3.52. The van der Waals surface area contributed by atoms with E-state index in [1.807, 2.05) is 24.7 Å². The number of rotatable bonds is 4. The SMILES string of the molecule is C=C(C)NC(=Nc1ccc(C2CCOCC2)cc1)c1nccn1C. The van der Waals surface area contributed by atoms with Crippen molar-refractivity contribution in [2.24, 2.45) is 12.0 Å². The van der Waals surface area contributed by atoms with Crippen molar-refractivity contribution >= 4 is 11.5 Å². The van der Waals surface area contributed by atoms with Crippen LogP contribution in [-0.4, -0.2) is 28.6 Å². The molecule has 0 spiro atoms. The molecule has 0 amide bonds. The molecule has 24 heavy (non-hydrogen) atoms. The van der Waals surface area contributed by atoms with Crippen molar-refractivity contribution in [3.63, 3.8) is 0 Å². The molecule has 0 atom stereocenters. The number of benzene rings is 1. The molecular formula is C19H24N4O. The van der Waals surface area contributed by atoms with Gasteiger partial charge in [0.25, 0.3) is 0 Å². The summed E-state index contributed by atoms with van der Waals surface area (Å²) in [6.45, 7) is 7.54. The third-order valence-electron chi connectivity index (χ3n) is 4.19. The number of aryl methyl sites for hydroxylation is 1. The zero-order valence-electron chi connectivity index (χ0n) is 14.3. The van der Waals surface area contributed by atoms with Crippen LogP contribution >= 0.6 is 0 Å². The van der Waals surface area contributed by atoms with E-state index in [-0.39, 0.29) is 0 Å². The summed E-state index contributed by atoms with van der Waals surface area (Å²) >= 11 is 0. The lowest BCUT2D eigenvalue weighted by molar-refractivity contribution is 0.0853. The molecule has 1 aliphatic rings. The molecular weight excluding hydrogens is 300 g/mol. The van der Waals surface area contributed by atoms with Gasteiger partial charge in [-0.3, -0.25) is 0 Å². The molecule has 1 aliphatic heterocycles. The first-order chi connectivity index (χ1) is 11.6. The third kappa shape index (κ3) is 3.92. The maximum atomic E-state index is 5.44. The minimum absolute atomic E-state index is 0.597. The van der Waals surface area contributed by atoms with Crippen LogP contribution in [0.4, 0.5) is 5.69 Å². The van der Waals surface area contributed by atoms with E-state index in [0.29, 0.717) is 11.8 Å². The van der Waals surface area contributed by atoms with E-state index in [1.54, 1.807) is 6.20 Å². The summed E-state index contributed by atoms with van der Waals surface area (Å²) in [5.41, 5.74) is 3.09. The Labute approximate surface area is 143 Å². The third-order valence-corrected chi connectivity index (χ3v) is 4.19. The summed E-state index contributed by atoms with van der Waals surface area (Å²) < 4.78 is 7.38. The number of hydrogen-bond donors (Lipinski definition) is 1. The zero-order valence-corrected chi connectivity index (χ0v) is 14.3. The number of ether oxygens (including phenoxy) is 1. The highest BCUT2D eigenvalue weighted by molar-refractivity contribution is 5.98. The van der Waals surface area contributed by atoms with Gasteiger partial charge >= 0.3 is 0 Å². The van der Waals surface area contributed by atoms with E-state index in [1.165, 1.54) is 5.56 Å². The molecule has 3 rings (SSSR count). The van der Waals surface area contributed by atoms with Crippen molar-refractivity contribution in [3.8, 4) is 0 Å². The Morgan fingerprint density at radius 2 is 2.00 bits per heavy atom. The Bertz CT molecular complexity index is 724. The summed E-state index contributed by atoms with van der Waals surface area (Å²) in [5.74, 6) is 2.08. The molecule has 1 aromatic carbocycles. The van der Waals surface area contributed by atoms with Gasteiger partial charge in [-0.25, -0.2) is 9.98 Å². The molecule has 1 aromatic heterocycles.